The Morgan fingerprint density at radius 2 is 1.79 bits per heavy atom. The molecular formula is C24H23Cl2FN4O2. The molecule has 2 aromatic carbocycles. The third-order valence-electron chi connectivity index (χ3n) is 6.12. The van der Waals surface area contributed by atoms with Crippen LogP contribution in [0, 0.1) is 5.82 Å². The number of halogens is 3. The van der Waals surface area contributed by atoms with Crippen LogP contribution in [0.25, 0.3) is 10.9 Å². The summed E-state index contributed by atoms with van der Waals surface area (Å²) in [5.41, 5.74) is 1.39. The Kier molecular flexibility index (Phi) is 6.03. The quantitative estimate of drug-likeness (QED) is 0.566. The molecule has 2 fully saturated rings. The molecule has 3 aromatic rings. The Hall–Kier alpha value is -2.61. The minimum absolute atomic E-state index is 0.00292. The van der Waals surface area contributed by atoms with Gasteiger partial charge in [-0.25, -0.2) is 4.39 Å². The van der Waals surface area contributed by atoms with Gasteiger partial charge in [-0.3, -0.25) is 9.59 Å². The summed E-state index contributed by atoms with van der Waals surface area (Å²) in [5, 5.41) is 7.17. The van der Waals surface area contributed by atoms with Gasteiger partial charge in [0.25, 0.3) is 5.91 Å². The summed E-state index contributed by atoms with van der Waals surface area (Å²) >= 11 is 12.1. The Balaban J connectivity index is 1.51. The van der Waals surface area contributed by atoms with E-state index >= 15 is 4.39 Å². The summed E-state index contributed by atoms with van der Waals surface area (Å²) in [7, 11) is 0. The van der Waals surface area contributed by atoms with E-state index in [-0.39, 0.29) is 23.5 Å². The van der Waals surface area contributed by atoms with Gasteiger partial charge in [-0.15, -0.1) is 0 Å². The summed E-state index contributed by atoms with van der Waals surface area (Å²) < 4.78 is 17.0. The molecule has 9 heteroatoms. The molecule has 172 valence electrons. The Morgan fingerprint density at radius 1 is 1.09 bits per heavy atom. The van der Waals surface area contributed by atoms with Crippen molar-refractivity contribution in [3.8, 4) is 0 Å². The lowest BCUT2D eigenvalue weighted by Crippen LogP contribution is -2.44. The molecule has 6 nitrogen and oxygen atoms in total. The lowest BCUT2D eigenvalue weighted by Gasteiger charge is -2.30. The Morgan fingerprint density at radius 3 is 2.45 bits per heavy atom. The number of aromatic nitrogens is 1. The smallest absolute Gasteiger partial charge is 0.257 e. The molecular weight excluding hydrogens is 466 g/mol. The first kappa shape index (κ1) is 22.2. The van der Waals surface area contributed by atoms with Crippen LogP contribution >= 0.6 is 23.2 Å². The first-order chi connectivity index (χ1) is 15.9. The molecule has 0 bridgehead atoms. The number of benzene rings is 2. The van der Waals surface area contributed by atoms with E-state index in [1.165, 1.54) is 6.07 Å². The molecule has 33 heavy (non-hydrogen) atoms. The molecule has 2 aliphatic rings. The van der Waals surface area contributed by atoms with E-state index < -0.39 is 17.2 Å². The Labute approximate surface area is 200 Å². The predicted molar refractivity (Wildman–Crippen MR) is 129 cm³/mol. The summed E-state index contributed by atoms with van der Waals surface area (Å²) in [4.78, 5) is 28.2. The van der Waals surface area contributed by atoms with Crippen molar-refractivity contribution in [2.45, 2.75) is 25.4 Å². The molecule has 1 saturated carbocycles. The maximum atomic E-state index is 15.1. The molecule has 1 amide bonds. The van der Waals surface area contributed by atoms with Crippen LogP contribution in [-0.4, -0.2) is 36.7 Å². The van der Waals surface area contributed by atoms with E-state index in [0.29, 0.717) is 34.3 Å². The molecule has 1 aliphatic carbocycles. The number of fused-ring (bicyclic) bond motifs is 1. The fourth-order valence-corrected chi connectivity index (χ4v) is 4.89. The van der Waals surface area contributed by atoms with E-state index in [1.54, 1.807) is 30.5 Å². The zero-order valence-corrected chi connectivity index (χ0v) is 19.3. The van der Waals surface area contributed by atoms with Gasteiger partial charge in [0.15, 0.2) is 0 Å². The van der Waals surface area contributed by atoms with E-state index in [4.69, 9.17) is 23.2 Å². The van der Waals surface area contributed by atoms with Gasteiger partial charge in [0.1, 0.15) is 11.4 Å². The zero-order valence-electron chi connectivity index (χ0n) is 17.8. The minimum atomic E-state index is -0.515. The van der Waals surface area contributed by atoms with E-state index in [2.05, 4.69) is 10.6 Å². The first-order valence-corrected chi connectivity index (χ1v) is 11.7. The van der Waals surface area contributed by atoms with Gasteiger partial charge in [-0.2, -0.15) is 0 Å². The first-order valence-electron chi connectivity index (χ1n) is 11.0. The minimum Gasteiger partial charge on any atom is -0.367 e. The number of amides is 1. The lowest BCUT2D eigenvalue weighted by atomic mass is 10.1. The molecule has 2 heterocycles. The van der Waals surface area contributed by atoms with Crippen molar-refractivity contribution < 1.29 is 9.18 Å². The highest BCUT2D eigenvalue weighted by Crippen LogP contribution is 2.38. The van der Waals surface area contributed by atoms with E-state index in [1.807, 2.05) is 9.47 Å². The number of piperazine rings is 1. The van der Waals surface area contributed by atoms with Crippen LogP contribution in [0.5, 0.6) is 0 Å². The van der Waals surface area contributed by atoms with Crippen molar-refractivity contribution in [2.75, 3.05) is 31.1 Å². The molecule has 1 aromatic heterocycles. The molecule has 0 spiro atoms. The number of anilines is 1. The van der Waals surface area contributed by atoms with E-state index in [9.17, 15) is 9.59 Å². The Bertz CT molecular complexity index is 1280. The summed E-state index contributed by atoms with van der Waals surface area (Å²) in [6.07, 6.45) is 3.53. The molecule has 0 radical (unpaired) electrons. The van der Waals surface area contributed by atoms with Gasteiger partial charge in [0, 0.05) is 60.4 Å². The van der Waals surface area contributed by atoms with Crippen molar-refractivity contribution >= 4 is 45.7 Å². The second-order valence-corrected chi connectivity index (χ2v) is 9.40. The highest BCUT2D eigenvalue weighted by Gasteiger charge is 2.28. The number of hydrogen-bond donors (Lipinski definition) is 2. The van der Waals surface area contributed by atoms with Crippen LogP contribution in [0.15, 0.2) is 41.3 Å². The number of carbonyl (C=O) groups is 1. The van der Waals surface area contributed by atoms with Crippen molar-refractivity contribution in [1.82, 2.24) is 15.2 Å². The van der Waals surface area contributed by atoms with Gasteiger partial charge in [-0.05, 0) is 48.7 Å². The number of carbonyl (C=O) groups excluding carboxylic acids is 1. The molecule has 1 saturated heterocycles. The van der Waals surface area contributed by atoms with Crippen LogP contribution in [0.1, 0.15) is 34.8 Å². The summed E-state index contributed by atoms with van der Waals surface area (Å²) in [6.45, 7) is 3.12. The molecule has 5 rings (SSSR count). The van der Waals surface area contributed by atoms with E-state index in [0.717, 1.165) is 31.5 Å². The van der Waals surface area contributed by atoms with Gasteiger partial charge < -0.3 is 20.1 Å². The number of nitrogens with zero attached hydrogens (tertiary/aromatic N) is 2. The van der Waals surface area contributed by atoms with Crippen LogP contribution in [0.3, 0.4) is 0 Å². The maximum Gasteiger partial charge on any atom is 0.257 e. The number of rotatable bonds is 5. The van der Waals surface area contributed by atoms with Gasteiger partial charge >= 0.3 is 0 Å². The second-order valence-electron chi connectivity index (χ2n) is 8.53. The predicted octanol–water partition coefficient (Wildman–Crippen LogP) is 4.12. The maximum absolute atomic E-state index is 15.1. The largest absolute Gasteiger partial charge is 0.367 e. The van der Waals surface area contributed by atoms with Crippen molar-refractivity contribution in [1.29, 1.82) is 0 Å². The fraction of sp³-hybridized carbons (Fsp3) is 0.333. The molecule has 2 N–H and O–H groups in total. The number of nitrogens with one attached hydrogen (secondary N) is 2. The highest BCUT2D eigenvalue weighted by atomic mass is 35.5. The highest BCUT2D eigenvalue weighted by molar-refractivity contribution is 6.34. The van der Waals surface area contributed by atoms with Crippen LogP contribution in [-0.2, 0) is 6.54 Å². The monoisotopic (exact) mass is 488 g/mol. The fourth-order valence-electron chi connectivity index (χ4n) is 4.31. The number of hydrogen-bond acceptors (Lipinski definition) is 4. The summed E-state index contributed by atoms with van der Waals surface area (Å²) in [5.74, 6) is -0.964. The van der Waals surface area contributed by atoms with Gasteiger partial charge in [-0.1, -0.05) is 23.2 Å². The topological polar surface area (TPSA) is 66.4 Å². The standard InChI is InChI=1S/C24H23Cl2FN4O2/c25-15-7-14(8-16(26)9-15)12-29-24(33)19-13-31(17-1-2-17)21-11-22(30-5-3-28-4-6-30)20(27)10-18(21)23(19)32/h7-11,13,17,28H,1-6,12H2,(H,29,33). The van der Waals surface area contributed by atoms with Gasteiger partial charge in [0.05, 0.1) is 11.2 Å². The number of pyridine rings is 1. The second kappa shape index (κ2) is 8.97. The molecule has 0 atom stereocenters. The SMILES string of the molecule is O=C(NCc1cc(Cl)cc(Cl)c1)c1cn(C2CC2)c2cc(N3CCNCC3)c(F)cc2c1=O. The van der Waals surface area contributed by atoms with Gasteiger partial charge in [0.2, 0.25) is 5.43 Å². The van der Waals surface area contributed by atoms with Crippen molar-refractivity contribution in [2.24, 2.45) is 0 Å². The van der Waals surface area contributed by atoms with Crippen LogP contribution < -0.4 is 21.0 Å². The third kappa shape index (κ3) is 4.58. The average molecular weight is 489 g/mol. The van der Waals surface area contributed by atoms with Crippen molar-refractivity contribution in [3.05, 3.63) is 73.7 Å². The van der Waals surface area contributed by atoms with Crippen LogP contribution in [0.2, 0.25) is 10.0 Å². The molecule has 0 unspecified atom stereocenters. The third-order valence-corrected chi connectivity index (χ3v) is 6.56. The zero-order chi connectivity index (χ0) is 23.1. The van der Waals surface area contributed by atoms with Crippen LogP contribution in [0.4, 0.5) is 10.1 Å². The molecule has 1 aliphatic heterocycles. The average Bonchev–Trinajstić information content (AvgIpc) is 3.63. The summed E-state index contributed by atoms with van der Waals surface area (Å²) in [6, 6.07) is 8.24. The lowest BCUT2D eigenvalue weighted by molar-refractivity contribution is 0.0949. The normalized spacial score (nSPS) is 16.3. The van der Waals surface area contributed by atoms with Crippen molar-refractivity contribution in [3.63, 3.8) is 0 Å².